The number of para-hydroxylation sites is 1. The second-order valence-electron chi connectivity index (χ2n) is 7.38. The molecule has 0 aromatic heterocycles. The minimum Gasteiger partial charge on any atom is -0.397 e. The highest BCUT2D eigenvalue weighted by Crippen LogP contribution is 2.33. The average molecular weight is 451 g/mol. The number of halogens is 3. The number of benzene rings is 2. The molecule has 174 valence electrons. The van der Waals surface area contributed by atoms with Gasteiger partial charge in [-0.1, -0.05) is 30.8 Å². The van der Waals surface area contributed by atoms with Crippen molar-refractivity contribution in [1.82, 2.24) is 16.0 Å². The molecule has 0 bridgehead atoms. The molecule has 0 fully saturated rings. The first-order valence-electron chi connectivity index (χ1n) is 9.74. The average Bonchev–Trinajstić information content (AvgIpc) is 2.73. The van der Waals surface area contributed by atoms with Crippen LogP contribution in [0, 0.1) is 0 Å². The summed E-state index contributed by atoms with van der Waals surface area (Å²) in [6.07, 6.45) is -4.46. The maximum absolute atomic E-state index is 13.2. The quantitative estimate of drug-likeness (QED) is 0.374. The molecule has 10 heteroatoms. The van der Waals surface area contributed by atoms with Gasteiger partial charge < -0.3 is 31.7 Å². The Balaban J connectivity index is 2.22. The van der Waals surface area contributed by atoms with Gasteiger partial charge in [-0.05, 0) is 36.2 Å². The molecule has 0 heterocycles. The van der Waals surface area contributed by atoms with Crippen LogP contribution in [0.5, 0.6) is 0 Å². The standard InChI is InChI=1S/C22H28F3N5O2/c1-14(29-18-10-5-7-15(19(18)26)12-28-20(31)27-3)30-21(2,13-32-4)16-8-6-9-17(11-16)22(23,24)25/h5-11,29-30H,1,12-13,26H2,2-4H3,(H2,27,28,31). The number of rotatable bonds is 9. The van der Waals surface area contributed by atoms with Gasteiger partial charge in [-0.3, -0.25) is 0 Å². The van der Waals surface area contributed by atoms with Crippen LogP contribution in [0.1, 0.15) is 23.6 Å². The van der Waals surface area contributed by atoms with Gasteiger partial charge >= 0.3 is 12.2 Å². The summed E-state index contributed by atoms with van der Waals surface area (Å²) in [6, 6.07) is 9.95. The smallest absolute Gasteiger partial charge is 0.397 e. The van der Waals surface area contributed by atoms with Crippen LogP contribution in [0.25, 0.3) is 0 Å². The number of anilines is 2. The van der Waals surface area contributed by atoms with Gasteiger partial charge in [0.25, 0.3) is 0 Å². The van der Waals surface area contributed by atoms with Crippen molar-refractivity contribution in [2.45, 2.75) is 25.2 Å². The summed E-state index contributed by atoms with van der Waals surface area (Å²) in [7, 11) is 2.97. The molecule has 0 saturated heterocycles. The molecular formula is C22H28F3N5O2. The Morgan fingerprint density at radius 1 is 1.16 bits per heavy atom. The maximum Gasteiger partial charge on any atom is 0.416 e. The summed E-state index contributed by atoms with van der Waals surface area (Å²) < 4.78 is 44.8. The van der Waals surface area contributed by atoms with E-state index in [4.69, 9.17) is 10.5 Å². The van der Waals surface area contributed by atoms with E-state index < -0.39 is 17.3 Å². The molecule has 7 nitrogen and oxygen atoms in total. The van der Waals surface area contributed by atoms with Crippen molar-refractivity contribution in [3.05, 3.63) is 71.6 Å². The molecule has 0 radical (unpaired) electrons. The summed E-state index contributed by atoms with van der Waals surface area (Å²) >= 11 is 0. The predicted octanol–water partition coefficient (Wildman–Crippen LogP) is 3.75. The Morgan fingerprint density at radius 3 is 2.44 bits per heavy atom. The van der Waals surface area contributed by atoms with Crippen LogP contribution in [0.2, 0.25) is 0 Å². The minimum atomic E-state index is -4.46. The van der Waals surface area contributed by atoms with E-state index >= 15 is 0 Å². The van der Waals surface area contributed by atoms with E-state index in [9.17, 15) is 18.0 Å². The molecule has 0 aliphatic heterocycles. The molecule has 0 aliphatic rings. The van der Waals surface area contributed by atoms with Crippen LogP contribution in [0.3, 0.4) is 0 Å². The summed E-state index contributed by atoms with van der Waals surface area (Å²) in [5, 5.41) is 11.3. The normalized spacial score (nSPS) is 13.1. The molecule has 2 rings (SSSR count). The number of carbonyl (C=O) groups excluding carboxylic acids is 1. The van der Waals surface area contributed by atoms with E-state index in [-0.39, 0.29) is 19.2 Å². The largest absolute Gasteiger partial charge is 0.416 e. The molecule has 1 atom stereocenters. The second-order valence-corrected chi connectivity index (χ2v) is 7.38. The maximum atomic E-state index is 13.2. The summed E-state index contributed by atoms with van der Waals surface area (Å²) in [6.45, 7) is 5.95. The van der Waals surface area contributed by atoms with Gasteiger partial charge in [-0.2, -0.15) is 13.2 Å². The van der Waals surface area contributed by atoms with Gasteiger partial charge in [0.1, 0.15) is 0 Å². The van der Waals surface area contributed by atoms with E-state index in [1.807, 2.05) is 0 Å². The van der Waals surface area contributed by atoms with E-state index in [0.717, 1.165) is 12.1 Å². The first-order chi connectivity index (χ1) is 15.0. The zero-order valence-corrected chi connectivity index (χ0v) is 18.2. The number of carbonyl (C=O) groups is 1. The lowest BCUT2D eigenvalue weighted by Gasteiger charge is -2.33. The molecule has 2 amide bonds. The van der Waals surface area contributed by atoms with Crippen molar-refractivity contribution in [2.24, 2.45) is 0 Å². The Morgan fingerprint density at radius 2 is 1.81 bits per heavy atom. The monoisotopic (exact) mass is 451 g/mol. The number of hydrogen-bond acceptors (Lipinski definition) is 5. The lowest BCUT2D eigenvalue weighted by molar-refractivity contribution is -0.137. The topological polar surface area (TPSA) is 100 Å². The number of nitrogen functional groups attached to an aromatic ring is 1. The first-order valence-corrected chi connectivity index (χ1v) is 9.74. The highest BCUT2D eigenvalue weighted by atomic mass is 19.4. The van der Waals surface area contributed by atoms with Crippen LogP contribution < -0.4 is 27.0 Å². The fourth-order valence-electron chi connectivity index (χ4n) is 3.19. The third-order valence-electron chi connectivity index (χ3n) is 4.84. The predicted molar refractivity (Wildman–Crippen MR) is 119 cm³/mol. The molecular weight excluding hydrogens is 423 g/mol. The van der Waals surface area contributed by atoms with Gasteiger partial charge in [0.2, 0.25) is 0 Å². The molecule has 0 saturated carbocycles. The van der Waals surface area contributed by atoms with Crippen molar-refractivity contribution in [2.75, 3.05) is 31.8 Å². The molecule has 1 unspecified atom stereocenters. The number of methoxy groups -OCH3 is 1. The lowest BCUT2D eigenvalue weighted by atomic mass is 9.91. The summed E-state index contributed by atoms with van der Waals surface area (Å²) in [5.41, 5.74) is 6.45. The van der Waals surface area contributed by atoms with Crippen molar-refractivity contribution in [3.63, 3.8) is 0 Å². The molecule has 0 aliphatic carbocycles. The van der Waals surface area contributed by atoms with Gasteiger partial charge in [-0.25, -0.2) is 4.79 Å². The number of nitrogens with one attached hydrogen (secondary N) is 4. The fraction of sp³-hybridized carbons (Fsp3) is 0.318. The Hall–Kier alpha value is -3.40. The Labute approximate surface area is 185 Å². The van der Waals surface area contributed by atoms with Crippen molar-refractivity contribution in [3.8, 4) is 0 Å². The Bertz CT molecular complexity index is 965. The third kappa shape index (κ3) is 6.30. The number of ether oxygens (including phenoxy) is 1. The van der Waals surface area contributed by atoms with E-state index in [1.165, 1.54) is 20.2 Å². The molecule has 32 heavy (non-hydrogen) atoms. The number of amides is 2. The van der Waals surface area contributed by atoms with E-state index in [2.05, 4.69) is 27.8 Å². The molecule has 0 spiro atoms. The fourth-order valence-corrected chi connectivity index (χ4v) is 3.19. The van der Waals surface area contributed by atoms with Crippen molar-refractivity contribution < 1.29 is 22.7 Å². The first kappa shape index (κ1) is 24.9. The van der Waals surface area contributed by atoms with E-state index in [0.29, 0.717) is 28.3 Å². The van der Waals surface area contributed by atoms with Crippen LogP contribution >= 0.6 is 0 Å². The summed E-state index contributed by atoms with van der Waals surface area (Å²) in [5.74, 6) is 0.310. The second kappa shape index (κ2) is 10.3. The number of hydrogen-bond donors (Lipinski definition) is 5. The van der Waals surface area contributed by atoms with E-state index in [1.54, 1.807) is 31.2 Å². The summed E-state index contributed by atoms with van der Waals surface area (Å²) in [4.78, 5) is 11.4. The van der Waals surface area contributed by atoms with Gasteiger partial charge in [0.05, 0.1) is 34.9 Å². The number of urea groups is 1. The Kier molecular flexibility index (Phi) is 7.98. The molecule has 6 N–H and O–H groups in total. The number of nitrogens with two attached hydrogens (primary N) is 1. The number of alkyl halides is 3. The van der Waals surface area contributed by atoms with Gasteiger partial charge in [0, 0.05) is 20.7 Å². The van der Waals surface area contributed by atoms with Crippen LogP contribution in [0.15, 0.2) is 54.9 Å². The van der Waals surface area contributed by atoms with Gasteiger partial charge in [0.15, 0.2) is 0 Å². The van der Waals surface area contributed by atoms with Crippen LogP contribution in [-0.2, 0) is 23.0 Å². The SMILES string of the molecule is C=C(Nc1cccc(CNC(=O)NC)c1N)NC(C)(COC)c1cccc(C(F)(F)F)c1. The zero-order valence-electron chi connectivity index (χ0n) is 18.2. The van der Waals surface area contributed by atoms with Crippen molar-refractivity contribution >= 4 is 17.4 Å². The van der Waals surface area contributed by atoms with Gasteiger partial charge in [-0.15, -0.1) is 0 Å². The zero-order chi connectivity index (χ0) is 23.9. The minimum absolute atomic E-state index is 0.0839. The molecule has 2 aromatic carbocycles. The van der Waals surface area contributed by atoms with Crippen LogP contribution in [-0.4, -0.2) is 26.8 Å². The third-order valence-corrected chi connectivity index (χ3v) is 4.84. The van der Waals surface area contributed by atoms with Crippen LogP contribution in [0.4, 0.5) is 29.3 Å². The highest BCUT2D eigenvalue weighted by Gasteiger charge is 2.34. The highest BCUT2D eigenvalue weighted by molar-refractivity contribution is 5.75. The molecule has 2 aromatic rings. The van der Waals surface area contributed by atoms with Crippen molar-refractivity contribution in [1.29, 1.82) is 0 Å². The lowest BCUT2D eigenvalue weighted by Crippen LogP contribution is -2.44.